The fourth-order valence-electron chi connectivity index (χ4n) is 4.02. The third-order valence-electron chi connectivity index (χ3n) is 6.10. The van der Waals surface area contributed by atoms with Crippen molar-refractivity contribution < 1.29 is 18.4 Å². The molecule has 31 heavy (non-hydrogen) atoms. The maximum Gasteiger partial charge on any atom is 0.253 e. The Hall–Kier alpha value is -2.47. The number of hydrogen-bond donors (Lipinski definition) is 1. The standard InChI is InChI=1S/C25H30F2N2O2/c1-3-23(30)22-15-19(14-21(29-22)17(2)18-8-5-4-6-9-18)24(31)11-7-10-20-16-28-13-12-25(20,26)27/h4-6,8-9,14-15,17,20,28H,3,7,10-13,16H2,1-2H3/t17-,20+/m0/s1. The van der Waals surface area contributed by atoms with Gasteiger partial charge in [-0.25, -0.2) is 13.8 Å². The van der Waals surface area contributed by atoms with Gasteiger partial charge in [-0.1, -0.05) is 44.2 Å². The van der Waals surface area contributed by atoms with Crippen LogP contribution in [0.4, 0.5) is 8.78 Å². The van der Waals surface area contributed by atoms with Gasteiger partial charge in [0.2, 0.25) is 0 Å². The van der Waals surface area contributed by atoms with E-state index in [2.05, 4.69) is 10.3 Å². The summed E-state index contributed by atoms with van der Waals surface area (Å²) >= 11 is 0. The van der Waals surface area contributed by atoms with E-state index in [9.17, 15) is 18.4 Å². The largest absolute Gasteiger partial charge is 0.316 e. The van der Waals surface area contributed by atoms with Crippen molar-refractivity contribution in [2.75, 3.05) is 13.1 Å². The summed E-state index contributed by atoms with van der Waals surface area (Å²) in [5.74, 6) is -3.75. The second-order valence-electron chi connectivity index (χ2n) is 8.30. The molecule has 6 heteroatoms. The summed E-state index contributed by atoms with van der Waals surface area (Å²) < 4.78 is 28.1. The number of piperidine rings is 1. The molecule has 0 unspecified atom stereocenters. The van der Waals surface area contributed by atoms with Crippen LogP contribution in [0.3, 0.4) is 0 Å². The molecule has 0 bridgehead atoms. The molecule has 0 saturated carbocycles. The Morgan fingerprint density at radius 3 is 2.61 bits per heavy atom. The molecule has 2 heterocycles. The average molecular weight is 429 g/mol. The van der Waals surface area contributed by atoms with E-state index < -0.39 is 11.8 Å². The van der Waals surface area contributed by atoms with Crippen molar-refractivity contribution >= 4 is 11.6 Å². The highest BCUT2D eigenvalue weighted by molar-refractivity contribution is 6.00. The van der Waals surface area contributed by atoms with Crippen LogP contribution in [0.5, 0.6) is 0 Å². The molecular formula is C25H30F2N2O2. The molecule has 1 aliphatic rings. The van der Waals surface area contributed by atoms with Gasteiger partial charge in [0.1, 0.15) is 5.69 Å². The summed E-state index contributed by atoms with van der Waals surface area (Å²) in [6, 6.07) is 13.1. The molecule has 0 aliphatic carbocycles. The topological polar surface area (TPSA) is 59.1 Å². The normalized spacial score (nSPS) is 19.0. The first-order valence-electron chi connectivity index (χ1n) is 11.0. The molecule has 0 amide bonds. The first kappa shape index (κ1) is 23.2. The third-order valence-corrected chi connectivity index (χ3v) is 6.10. The van der Waals surface area contributed by atoms with Crippen LogP contribution in [-0.4, -0.2) is 35.6 Å². The Morgan fingerprint density at radius 2 is 1.94 bits per heavy atom. The fourth-order valence-corrected chi connectivity index (χ4v) is 4.02. The van der Waals surface area contributed by atoms with Crippen molar-refractivity contribution in [3.05, 3.63) is 65.0 Å². The van der Waals surface area contributed by atoms with Gasteiger partial charge in [0.15, 0.2) is 11.6 Å². The summed E-state index contributed by atoms with van der Waals surface area (Å²) in [7, 11) is 0. The number of carbonyl (C=O) groups excluding carboxylic acids is 2. The maximum atomic E-state index is 14.0. The van der Waals surface area contributed by atoms with Gasteiger partial charge < -0.3 is 5.32 Å². The highest BCUT2D eigenvalue weighted by Crippen LogP contribution is 2.34. The summed E-state index contributed by atoms with van der Waals surface area (Å²) in [5, 5.41) is 3.01. The smallest absolute Gasteiger partial charge is 0.253 e. The zero-order valence-corrected chi connectivity index (χ0v) is 18.2. The zero-order valence-electron chi connectivity index (χ0n) is 18.2. The van der Waals surface area contributed by atoms with Gasteiger partial charge in [0, 0.05) is 55.4 Å². The van der Waals surface area contributed by atoms with Crippen LogP contribution in [0, 0.1) is 5.92 Å². The molecule has 1 N–H and O–H groups in total. The number of carbonyl (C=O) groups is 2. The van der Waals surface area contributed by atoms with E-state index in [0.717, 1.165) is 5.56 Å². The number of halogens is 2. The number of nitrogens with zero attached hydrogens (tertiary/aromatic N) is 1. The molecule has 1 aromatic carbocycles. The van der Waals surface area contributed by atoms with Gasteiger partial charge >= 0.3 is 0 Å². The Bertz CT molecular complexity index is 915. The van der Waals surface area contributed by atoms with Crippen LogP contribution >= 0.6 is 0 Å². The monoisotopic (exact) mass is 428 g/mol. The average Bonchev–Trinajstić information content (AvgIpc) is 2.79. The Morgan fingerprint density at radius 1 is 1.19 bits per heavy atom. The van der Waals surface area contributed by atoms with E-state index in [0.29, 0.717) is 37.1 Å². The van der Waals surface area contributed by atoms with Crippen molar-refractivity contribution in [3.8, 4) is 0 Å². The number of alkyl halides is 2. The number of hydrogen-bond acceptors (Lipinski definition) is 4. The van der Waals surface area contributed by atoms with Crippen LogP contribution < -0.4 is 5.32 Å². The zero-order chi connectivity index (χ0) is 22.4. The Kier molecular flexibility index (Phi) is 7.65. The first-order valence-corrected chi connectivity index (χ1v) is 11.0. The first-order chi connectivity index (χ1) is 14.8. The molecule has 1 aromatic heterocycles. The predicted molar refractivity (Wildman–Crippen MR) is 117 cm³/mol. The van der Waals surface area contributed by atoms with Gasteiger partial charge in [0.05, 0.1) is 0 Å². The summed E-state index contributed by atoms with van der Waals surface area (Å²) in [4.78, 5) is 29.7. The molecule has 3 rings (SSSR count). The van der Waals surface area contributed by atoms with Crippen molar-refractivity contribution in [2.45, 2.75) is 57.8 Å². The number of pyridine rings is 1. The molecule has 166 valence electrons. The van der Waals surface area contributed by atoms with Gasteiger partial charge in [-0.3, -0.25) is 9.59 Å². The fraction of sp³-hybridized carbons (Fsp3) is 0.480. The van der Waals surface area contributed by atoms with E-state index in [1.54, 1.807) is 19.1 Å². The van der Waals surface area contributed by atoms with Gasteiger partial charge in [-0.15, -0.1) is 0 Å². The summed E-state index contributed by atoms with van der Waals surface area (Å²) in [6.45, 7) is 4.36. The van der Waals surface area contributed by atoms with Gasteiger partial charge in [-0.05, 0) is 30.5 Å². The van der Waals surface area contributed by atoms with Crippen LogP contribution in [0.1, 0.15) is 84.0 Å². The van der Waals surface area contributed by atoms with Crippen LogP contribution in [-0.2, 0) is 0 Å². The summed E-state index contributed by atoms with van der Waals surface area (Å²) in [6.07, 6.45) is 1.01. The number of ketones is 2. The van der Waals surface area contributed by atoms with Crippen molar-refractivity contribution in [3.63, 3.8) is 0 Å². The third kappa shape index (κ3) is 5.82. The lowest BCUT2D eigenvalue weighted by Crippen LogP contribution is -2.44. The van der Waals surface area contributed by atoms with E-state index in [1.807, 2.05) is 37.3 Å². The molecule has 1 aliphatic heterocycles. The second-order valence-corrected chi connectivity index (χ2v) is 8.30. The SMILES string of the molecule is CCC(=O)c1cc(C(=O)CCC[C@@H]2CNCCC2(F)F)cc([C@@H](C)c2ccccc2)n1. The van der Waals surface area contributed by atoms with E-state index in [-0.39, 0.29) is 42.6 Å². The summed E-state index contributed by atoms with van der Waals surface area (Å²) in [5.41, 5.74) is 2.42. The molecule has 1 saturated heterocycles. The quantitative estimate of drug-likeness (QED) is 0.542. The molecule has 0 spiro atoms. The van der Waals surface area contributed by atoms with Gasteiger partial charge in [0.25, 0.3) is 5.92 Å². The van der Waals surface area contributed by atoms with Gasteiger partial charge in [-0.2, -0.15) is 0 Å². The number of aromatic nitrogens is 1. The molecule has 2 atom stereocenters. The van der Waals surface area contributed by atoms with Crippen LogP contribution in [0.15, 0.2) is 42.5 Å². The molecule has 2 aromatic rings. The van der Waals surface area contributed by atoms with Crippen LogP contribution in [0.25, 0.3) is 0 Å². The van der Waals surface area contributed by atoms with Crippen molar-refractivity contribution in [1.82, 2.24) is 10.3 Å². The lowest BCUT2D eigenvalue weighted by molar-refractivity contribution is -0.0811. The van der Waals surface area contributed by atoms with E-state index in [1.165, 1.54) is 0 Å². The number of Topliss-reactive ketones (excluding diaryl/α,β-unsaturated/α-hetero) is 2. The number of rotatable bonds is 9. The van der Waals surface area contributed by atoms with E-state index >= 15 is 0 Å². The van der Waals surface area contributed by atoms with Crippen molar-refractivity contribution in [1.29, 1.82) is 0 Å². The van der Waals surface area contributed by atoms with Crippen LogP contribution in [0.2, 0.25) is 0 Å². The molecule has 1 fully saturated rings. The minimum atomic E-state index is -2.68. The lowest BCUT2D eigenvalue weighted by atomic mass is 9.89. The number of benzene rings is 1. The highest BCUT2D eigenvalue weighted by Gasteiger charge is 2.40. The Labute approximate surface area is 182 Å². The number of nitrogens with one attached hydrogen (secondary N) is 1. The molecule has 0 radical (unpaired) electrons. The maximum absolute atomic E-state index is 14.0. The second kappa shape index (κ2) is 10.2. The predicted octanol–water partition coefficient (Wildman–Crippen LogP) is 5.42. The highest BCUT2D eigenvalue weighted by atomic mass is 19.3. The Balaban J connectivity index is 1.76. The minimum Gasteiger partial charge on any atom is -0.316 e. The molecule has 4 nitrogen and oxygen atoms in total. The molecular weight excluding hydrogens is 398 g/mol. The lowest BCUT2D eigenvalue weighted by Gasteiger charge is -2.31. The van der Waals surface area contributed by atoms with E-state index in [4.69, 9.17) is 0 Å². The minimum absolute atomic E-state index is 0.0793. The van der Waals surface area contributed by atoms with Crippen molar-refractivity contribution in [2.24, 2.45) is 5.92 Å².